The van der Waals surface area contributed by atoms with Gasteiger partial charge in [0.05, 0.1) is 53.3 Å². The molecular formula is C45H54F5N9O6S. The number of ether oxygens (including phenoxy) is 1. The smallest absolute Gasteiger partial charge is 0.407 e. The van der Waals surface area contributed by atoms with Gasteiger partial charge in [-0.1, -0.05) is 59.3 Å². The van der Waals surface area contributed by atoms with E-state index in [1.807, 2.05) is 55.1 Å². The number of aromatic amines is 2. The number of imidazole rings is 2. The van der Waals surface area contributed by atoms with E-state index in [0.717, 1.165) is 29.7 Å². The number of benzene rings is 3. The number of carbonyl (C=O) groups excluding carboxylic acids is 3. The quantitative estimate of drug-likeness (QED) is 0.0758. The van der Waals surface area contributed by atoms with E-state index in [1.165, 1.54) is 7.11 Å². The van der Waals surface area contributed by atoms with Crippen molar-refractivity contribution in [1.29, 1.82) is 0 Å². The number of carbonyl (C=O) groups is 4. The lowest BCUT2D eigenvalue weighted by Crippen LogP contribution is -2.51. The van der Waals surface area contributed by atoms with Crippen LogP contribution in [0.5, 0.6) is 0 Å². The number of fused-ring (bicyclic) bond motifs is 2. The Labute approximate surface area is 377 Å². The molecule has 66 heavy (non-hydrogen) atoms. The minimum atomic E-state index is -9.97. The molecule has 0 unspecified atom stereocenters. The molecule has 5 aromatic rings. The van der Waals surface area contributed by atoms with Gasteiger partial charge < -0.3 is 45.1 Å². The van der Waals surface area contributed by atoms with E-state index < -0.39 is 63.6 Å². The summed E-state index contributed by atoms with van der Waals surface area (Å²) < 4.78 is 74.5. The van der Waals surface area contributed by atoms with E-state index in [9.17, 15) is 43.7 Å². The number of amides is 4. The van der Waals surface area contributed by atoms with E-state index in [1.54, 1.807) is 23.6 Å². The van der Waals surface area contributed by atoms with E-state index in [0.29, 0.717) is 96.7 Å². The fourth-order valence-electron chi connectivity index (χ4n) is 9.86. The molecule has 0 saturated carbocycles. The van der Waals surface area contributed by atoms with Gasteiger partial charge in [0.2, 0.25) is 11.8 Å². The summed E-state index contributed by atoms with van der Waals surface area (Å²) in [6.07, 6.45) is 1.73. The fourth-order valence-corrected chi connectivity index (χ4v) is 10.5. The largest absolute Gasteiger partial charge is 0.465 e. The topological polar surface area (TPSA) is 189 Å². The second-order valence-electron chi connectivity index (χ2n) is 18.2. The first kappa shape index (κ1) is 46.4. The van der Waals surface area contributed by atoms with Gasteiger partial charge >= 0.3 is 22.4 Å². The zero-order valence-corrected chi connectivity index (χ0v) is 37.9. The number of alkyl carbamates (subject to hydrolysis) is 1. The van der Waals surface area contributed by atoms with Crippen molar-refractivity contribution in [3.8, 4) is 0 Å². The Hall–Kier alpha value is -6.12. The van der Waals surface area contributed by atoms with E-state index in [-0.39, 0.29) is 23.7 Å². The normalized spacial score (nSPS) is 22.2. The molecule has 0 spiro atoms. The van der Waals surface area contributed by atoms with Crippen LogP contribution in [0.3, 0.4) is 0 Å². The van der Waals surface area contributed by atoms with Crippen molar-refractivity contribution in [3.05, 3.63) is 83.4 Å². The summed E-state index contributed by atoms with van der Waals surface area (Å²) in [6, 6.07) is 10.9. The molecule has 3 aliphatic heterocycles. The number of methoxy groups -OCH3 is 1. The number of carboxylic acid groups (broad SMARTS) is 1. The molecule has 0 bridgehead atoms. The second-order valence-corrected chi connectivity index (χ2v) is 20.6. The number of H-pyrrole nitrogens is 2. The summed E-state index contributed by atoms with van der Waals surface area (Å²) in [5.41, 5.74) is 4.45. The summed E-state index contributed by atoms with van der Waals surface area (Å²) in [5.74, 6) is -0.0128. The minimum Gasteiger partial charge on any atom is -0.465 e. The van der Waals surface area contributed by atoms with Crippen LogP contribution in [-0.4, -0.2) is 91.1 Å². The van der Waals surface area contributed by atoms with Crippen LogP contribution in [0.15, 0.2) is 65.6 Å². The monoisotopic (exact) mass is 943 g/mol. The molecule has 4 amide bonds. The first-order chi connectivity index (χ1) is 31.0. The van der Waals surface area contributed by atoms with Gasteiger partial charge in [-0.2, -0.15) is 0 Å². The van der Waals surface area contributed by atoms with Gasteiger partial charge in [0.1, 0.15) is 28.6 Å². The third-order valence-electron chi connectivity index (χ3n) is 13.1. The van der Waals surface area contributed by atoms with E-state index >= 15 is 0 Å². The molecule has 6 atom stereocenters. The predicted molar refractivity (Wildman–Crippen MR) is 239 cm³/mol. The molecular weight excluding hydrogens is 890 g/mol. The third-order valence-corrected chi connectivity index (χ3v) is 14.3. The number of likely N-dealkylation sites (tertiary alicyclic amines) is 2. The number of halogens is 5. The third kappa shape index (κ3) is 9.17. The zero-order chi connectivity index (χ0) is 47.5. The molecule has 8 rings (SSSR count). The SMILES string of the molecule is COC(=O)N[C@H](C(=O)N1CCC[C@H]1c1nc2ccc([C@H]3CC[C@H](c4ccc5nc([C@@H]6CCCN6C(=O)[C@@H](NC(=O)O)C(C)C)[nH]c5c4)N3c3ccc(S(F)(F)(F)(F)F)cc3)cc2[nH]1)C(C)C. The molecule has 3 fully saturated rings. The lowest BCUT2D eigenvalue weighted by atomic mass is 10.0. The van der Waals surface area contributed by atoms with Gasteiger partial charge in [-0.25, -0.2) is 19.6 Å². The number of hydrogen-bond donors (Lipinski definition) is 5. The second kappa shape index (κ2) is 16.6. The Balaban J connectivity index is 1.11. The molecule has 5 heterocycles. The van der Waals surface area contributed by atoms with Crippen LogP contribution in [0.25, 0.3) is 22.1 Å². The number of aromatic nitrogens is 4. The van der Waals surface area contributed by atoms with Crippen molar-refractivity contribution in [2.45, 2.75) is 107 Å². The highest BCUT2D eigenvalue weighted by molar-refractivity contribution is 8.45. The van der Waals surface area contributed by atoms with Crippen molar-refractivity contribution in [2.24, 2.45) is 11.8 Å². The van der Waals surface area contributed by atoms with Gasteiger partial charge in [-0.15, -0.1) is 0 Å². The Morgan fingerprint density at radius 3 is 1.55 bits per heavy atom. The Morgan fingerprint density at radius 2 is 1.14 bits per heavy atom. The lowest BCUT2D eigenvalue weighted by molar-refractivity contribution is -0.136. The number of hydrogen-bond acceptors (Lipinski definition) is 8. The summed E-state index contributed by atoms with van der Waals surface area (Å²) in [7, 11) is -8.74. The molecule has 2 aromatic heterocycles. The Kier molecular flexibility index (Phi) is 11.7. The molecule has 0 radical (unpaired) electrons. The van der Waals surface area contributed by atoms with Crippen molar-refractivity contribution in [1.82, 2.24) is 40.4 Å². The first-order valence-corrected chi connectivity index (χ1v) is 24.0. The molecule has 3 aromatic carbocycles. The molecule has 3 saturated heterocycles. The predicted octanol–water partition coefficient (Wildman–Crippen LogP) is 10.2. The van der Waals surface area contributed by atoms with Crippen LogP contribution in [0.1, 0.15) is 113 Å². The highest BCUT2D eigenvalue weighted by Gasteiger charge is 2.65. The number of nitrogens with zero attached hydrogens (tertiary/aromatic N) is 5. The summed E-state index contributed by atoms with van der Waals surface area (Å²) in [5, 5.41) is 14.4. The Morgan fingerprint density at radius 1 is 0.682 bits per heavy atom. The van der Waals surface area contributed by atoms with Crippen molar-refractivity contribution in [3.63, 3.8) is 0 Å². The van der Waals surface area contributed by atoms with Crippen LogP contribution in [0.2, 0.25) is 0 Å². The average molecular weight is 944 g/mol. The molecule has 0 aliphatic carbocycles. The molecule has 5 N–H and O–H groups in total. The maximum Gasteiger partial charge on any atom is 0.407 e. The van der Waals surface area contributed by atoms with Gasteiger partial charge in [-0.3, -0.25) is 9.59 Å². The highest BCUT2D eigenvalue weighted by atomic mass is 32.5. The molecule has 356 valence electrons. The maximum atomic E-state index is 13.9. The summed E-state index contributed by atoms with van der Waals surface area (Å²) in [6.45, 7) is 8.09. The van der Waals surface area contributed by atoms with Crippen molar-refractivity contribution in [2.75, 3.05) is 25.1 Å². The van der Waals surface area contributed by atoms with E-state index in [4.69, 9.17) is 14.7 Å². The number of anilines is 1. The fraction of sp³-hybridized carbons (Fsp3) is 0.467. The highest BCUT2D eigenvalue weighted by Crippen LogP contribution is 3.02. The van der Waals surface area contributed by atoms with Crippen LogP contribution in [-0.2, 0) is 14.3 Å². The lowest BCUT2D eigenvalue weighted by Gasteiger charge is -2.41. The summed E-state index contributed by atoms with van der Waals surface area (Å²) >= 11 is 0. The summed E-state index contributed by atoms with van der Waals surface area (Å²) in [4.78, 5) is 70.9. The molecule has 15 nitrogen and oxygen atoms in total. The standard InChI is InChI=1S/C45H54F5N9O6S/c1-24(2)38(55-44(62)63)42(60)57-20-6-8-36(57)40-51-30-16-10-26(22-32(30)53-40)34-18-19-35(59(34)28-12-14-29(15-13-28)66(46,47,48,49)50)27-11-17-31-33(23-27)54-41(52-31)37-9-7-21-58(37)43(61)39(25(3)4)56-45(64)65-5/h10-17,22-25,34-39,55H,6-9,18-21H2,1-5H3,(H,51,53)(H,52,54)(H,56,64)(H,62,63)/t34-,35-,36+,37+,38+,39+/m1/s1. The number of nitrogens with one attached hydrogen (secondary N) is 4. The molecule has 21 heteroatoms. The van der Waals surface area contributed by atoms with Gasteiger partial charge in [0.15, 0.2) is 0 Å². The van der Waals surface area contributed by atoms with Crippen LogP contribution in [0.4, 0.5) is 34.7 Å². The number of rotatable bonds is 12. The van der Waals surface area contributed by atoms with Gasteiger partial charge in [0.25, 0.3) is 0 Å². The van der Waals surface area contributed by atoms with Crippen LogP contribution >= 0.6 is 10.2 Å². The Bertz CT molecular complexity index is 2680. The van der Waals surface area contributed by atoms with E-state index in [2.05, 4.69) is 20.6 Å². The van der Waals surface area contributed by atoms with Gasteiger partial charge in [-0.05, 0) is 110 Å². The van der Waals surface area contributed by atoms with Gasteiger partial charge in [0, 0.05) is 18.8 Å². The van der Waals surface area contributed by atoms with Crippen molar-refractivity contribution >= 4 is 62.0 Å². The maximum absolute atomic E-state index is 13.9. The molecule has 3 aliphatic rings. The average Bonchev–Trinajstić information content (AvgIpc) is 4.11. The van der Waals surface area contributed by atoms with Crippen LogP contribution < -0.4 is 15.5 Å². The minimum absolute atomic E-state index is 0.218. The first-order valence-electron chi connectivity index (χ1n) is 22.1. The van der Waals surface area contributed by atoms with Crippen molar-refractivity contribution < 1.29 is 48.5 Å². The van der Waals surface area contributed by atoms with Crippen LogP contribution in [0, 0.1) is 11.8 Å². The zero-order valence-electron chi connectivity index (χ0n) is 37.1.